The Hall–Kier alpha value is -1.88. The highest BCUT2D eigenvalue weighted by Gasteiger charge is 2.28. The Bertz CT molecular complexity index is 535. The second kappa shape index (κ2) is 4.66. The average molecular weight is 260 g/mol. The van der Waals surface area contributed by atoms with E-state index >= 15 is 0 Å². The summed E-state index contributed by atoms with van der Waals surface area (Å²) in [5.41, 5.74) is 2.10. The first kappa shape index (κ1) is 12.2. The zero-order valence-corrected chi connectivity index (χ0v) is 10.8. The molecule has 1 amide bonds. The fraction of sp³-hybridized carbons (Fsp3) is 0.429. The van der Waals surface area contributed by atoms with Gasteiger partial charge in [0.25, 0.3) is 11.7 Å². The first-order chi connectivity index (χ1) is 9.16. The summed E-state index contributed by atoms with van der Waals surface area (Å²) in [5.74, 6) is -0.990. The molecule has 0 aromatic heterocycles. The summed E-state index contributed by atoms with van der Waals surface area (Å²) in [6.07, 6.45) is 2.00. The predicted octanol–water partition coefficient (Wildman–Crippen LogP) is 1.44. The second-order valence-electron chi connectivity index (χ2n) is 4.97. The Morgan fingerprint density at radius 2 is 2.00 bits per heavy atom. The van der Waals surface area contributed by atoms with Gasteiger partial charge in [-0.15, -0.1) is 0 Å². The van der Waals surface area contributed by atoms with Gasteiger partial charge in [0.05, 0.1) is 11.3 Å². The zero-order chi connectivity index (χ0) is 13.4. The number of ketones is 1. The summed E-state index contributed by atoms with van der Waals surface area (Å²) in [6, 6.07) is 5.93. The van der Waals surface area contributed by atoms with E-state index in [2.05, 4.69) is 10.2 Å². The molecule has 0 unspecified atom stereocenters. The molecule has 2 aliphatic heterocycles. The van der Waals surface area contributed by atoms with Crippen LogP contribution in [0.2, 0.25) is 0 Å². The Morgan fingerprint density at radius 3 is 2.74 bits per heavy atom. The third kappa shape index (κ3) is 2.10. The van der Waals surface area contributed by atoms with Crippen molar-refractivity contribution in [3.05, 3.63) is 23.8 Å². The highest BCUT2D eigenvalue weighted by molar-refractivity contribution is 6.51. The Labute approximate surface area is 111 Å². The number of hydrogen-bond acceptors (Lipinski definition) is 4. The van der Waals surface area contributed by atoms with Crippen molar-refractivity contribution >= 4 is 23.1 Å². The quantitative estimate of drug-likeness (QED) is 0.817. The van der Waals surface area contributed by atoms with Crippen molar-refractivity contribution in [1.29, 1.82) is 0 Å². The summed E-state index contributed by atoms with van der Waals surface area (Å²) >= 11 is 0. The number of fused-ring (bicyclic) bond motifs is 1. The van der Waals surface area contributed by atoms with Crippen LogP contribution in [0.5, 0.6) is 0 Å². The number of ether oxygens (including phenoxy) is 1. The summed E-state index contributed by atoms with van der Waals surface area (Å²) < 4.78 is 5.36. The predicted molar refractivity (Wildman–Crippen MR) is 71.6 cm³/mol. The lowest BCUT2D eigenvalue weighted by Gasteiger charge is -2.33. The van der Waals surface area contributed by atoms with Crippen LogP contribution >= 0.6 is 0 Å². The maximum absolute atomic E-state index is 11.5. The molecule has 0 spiro atoms. The van der Waals surface area contributed by atoms with Gasteiger partial charge in [-0.25, -0.2) is 0 Å². The molecule has 1 aromatic carbocycles. The number of nitrogens with zero attached hydrogens (tertiary/aromatic N) is 1. The maximum atomic E-state index is 11.5. The smallest absolute Gasteiger partial charge is 0.296 e. The molecule has 19 heavy (non-hydrogen) atoms. The van der Waals surface area contributed by atoms with Crippen LogP contribution < -0.4 is 10.2 Å². The minimum Gasteiger partial charge on any atom is -0.381 e. The van der Waals surface area contributed by atoms with Crippen molar-refractivity contribution in [3.8, 4) is 0 Å². The molecule has 0 saturated carbocycles. The molecule has 0 radical (unpaired) electrons. The molecular weight excluding hydrogens is 244 g/mol. The molecule has 0 bridgehead atoms. The third-order valence-corrected chi connectivity index (χ3v) is 3.85. The van der Waals surface area contributed by atoms with Crippen LogP contribution in [-0.2, 0) is 9.53 Å². The van der Waals surface area contributed by atoms with Gasteiger partial charge in [-0.2, -0.15) is 0 Å². The number of anilines is 2. The molecule has 1 fully saturated rings. The van der Waals surface area contributed by atoms with E-state index in [1.165, 1.54) is 0 Å². The number of nitrogens with one attached hydrogen (secondary N) is 1. The lowest BCUT2D eigenvalue weighted by molar-refractivity contribution is -0.112. The van der Waals surface area contributed by atoms with Gasteiger partial charge in [-0.05, 0) is 31.0 Å². The number of carbonyl (C=O) groups excluding carboxylic acids is 2. The van der Waals surface area contributed by atoms with Crippen LogP contribution in [0.3, 0.4) is 0 Å². The Morgan fingerprint density at radius 1 is 1.26 bits per heavy atom. The molecule has 1 N–H and O–H groups in total. The molecule has 5 nitrogen and oxygen atoms in total. The number of rotatable bonds is 2. The molecule has 0 aliphatic carbocycles. The van der Waals surface area contributed by atoms with Crippen LogP contribution in [-0.4, -0.2) is 38.0 Å². The molecule has 2 heterocycles. The van der Waals surface area contributed by atoms with Gasteiger partial charge < -0.3 is 15.0 Å². The minimum atomic E-state index is -0.541. The topological polar surface area (TPSA) is 58.6 Å². The molecule has 1 aromatic rings. The Kier molecular flexibility index (Phi) is 2.98. The number of amides is 1. The first-order valence-electron chi connectivity index (χ1n) is 6.47. The van der Waals surface area contributed by atoms with E-state index in [0.29, 0.717) is 17.3 Å². The first-order valence-corrected chi connectivity index (χ1v) is 6.47. The largest absolute Gasteiger partial charge is 0.381 e. The number of benzene rings is 1. The number of Topliss-reactive ketones (excluding diaryl/α,β-unsaturated/α-hetero) is 1. The van der Waals surface area contributed by atoms with Gasteiger partial charge in [-0.3, -0.25) is 9.59 Å². The van der Waals surface area contributed by atoms with Crippen LogP contribution in [0.4, 0.5) is 11.4 Å². The van der Waals surface area contributed by atoms with Crippen molar-refractivity contribution in [2.75, 3.05) is 30.5 Å². The zero-order valence-electron chi connectivity index (χ0n) is 10.8. The normalized spacial score (nSPS) is 19.2. The van der Waals surface area contributed by atoms with Gasteiger partial charge in [0.15, 0.2) is 0 Å². The molecule has 5 heteroatoms. The Balaban J connectivity index is 1.84. The SMILES string of the molecule is CN(c1ccc2c(c1)NC(=O)C2=O)C1CCOCC1. The van der Waals surface area contributed by atoms with E-state index < -0.39 is 11.7 Å². The van der Waals surface area contributed by atoms with E-state index in [9.17, 15) is 9.59 Å². The summed E-state index contributed by atoms with van der Waals surface area (Å²) in [6.45, 7) is 1.57. The summed E-state index contributed by atoms with van der Waals surface area (Å²) in [7, 11) is 2.04. The lowest BCUT2D eigenvalue weighted by atomic mass is 10.1. The molecule has 2 aliphatic rings. The fourth-order valence-corrected chi connectivity index (χ4v) is 2.64. The monoisotopic (exact) mass is 260 g/mol. The second-order valence-corrected chi connectivity index (χ2v) is 4.97. The molecule has 1 saturated heterocycles. The number of hydrogen-bond donors (Lipinski definition) is 1. The van der Waals surface area contributed by atoms with E-state index in [4.69, 9.17) is 4.74 Å². The minimum absolute atomic E-state index is 0.444. The van der Waals surface area contributed by atoms with Crippen LogP contribution in [0, 0.1) is 0 Å². The average Bonchev–Trinajstić information content (AvgIpc) is 2.74. The van der Waals surface area contributed by atoms with Gasteiger partial charge in [-0.1, -0.05) is 0 Å². The van der Waals surface area contributed by atoms with Crippen LogP contribution in [0.25, 0.3) is 0 Å². The van der Waals surface area contributed by atoms with Crippen molar-refractivity contribution in [1.82, 2.24) is 0 Å². The molecule has 3 rings (SSSR count). The van der Waals surface area contributed by atoms with E-state index in [1.54, 1.807) is 6.07 Å². The molecule has 100 valence electrons. The fourth-order valence-electron chi connectivity index (χ4n) is 2.64. The summed E-state index contributed by atoms with van der Waals surface area (Å²) in [4.78, 5) is 25.1. The lowest BCUT2D eigenvalue weighted by Crippen LogP contribution is -2.36. The van der Waals surface area contributed by atoms with Crippen molar-refractivity contribution in [3.63, 3.8) is 0 Å². The summed E-state index contributed by atoms with van der Waals surface area (Å²) in [5, 5.41) is 2.61. The third-order valence-electron chi connectivity index (χ3n) is 3.85. The van der Waals surface area contributed by atoms with Gasteiger partial charge >= 0.3 is 0 Å². The van der Waals surface area contributed by atoms with Crippen LogP contribution in [0.15, 0.2) is 18.2 Å². The maximum Gasteiger partial charge on any atom is 0.296 e. The van der Waals surface area contributed by atoms with Crippen LogP contribution in [0.1, 0.15) is 23.2 Å². The highest BCUT2D eigenvalue weighted by Crippen LogP contribution is 2.29. The number of carbonyl (C=O) groups is 2. The van der Waals surface area contributed by atoms with Crippen molar-refractivity contribution < 1.29 is 14.3 Å². The van der Waals surface area contributed by atoms with Crippen molar-refractivity contribution in [2.45, 2.75) is 18.9 Å². The standard InChI is InChI=1S/C14H16N2O3/c1-16(9-4-6-19-7-5-9)10-2-3-11-12(8-10)15-14(18)13(11)17/h2-3,8-9H,4-7H2,1H3,(H,15,17,18). The van der Waals surface area contributed by atoms with Gasteiger partial charge in [0.2, 0.25) is 0 Å². The van der Waals surface area contributed by atoms with E-state index in [1.807, 2.05) is 19.2 Å². The molecule has 0 atom stereocenters. The van der Waals surface area contributed by atoms with E-state index in [-0.39, 0.29) is 0 Å². The molecular formula is C14H16N2O3. The van der Waals surface area contributed by atoms with Crippen molar-refractivity contribution in [2.24, 2.45) is 0 Å². The van der Waals surface area contributed by atoms with Gasteiger partial charge in [0.1, 0.15) is 0 Å². The van der Waals surface area contributed by atoms with E-state index in [0.717, 1.165) is 31.7 Å². The van der Waals surface area contributed by atoms with Gasteiger partial charge in [0, 0.05) is 32.0 Å². The highest BCUT2D eigenvalue weighted by atomic mass is 16.5.